The third-order valence-corrected chi connectivity index (χ3v) is 6.37. The highest BCUT2D eigenvalue weighted by Crippen LogP contribution is 2.29. The molecule has 1 fully saturated rings. The van der Waals surface area contributed by atoms with Gasteiger partial charge in [0.15, 0.2) is 5.96 Å². The van der Waals surface area contributed by atoms with Gasteiger partial charge in [0, 0.05) is 42.7 Å². The molecule has 4 N–H and O–H groups in total. The van der Waals surface area contributed by atoms with Crippen LogP contribution in [0.4, 0.5) is 0 Å². The van der Waals surface area contributed by atoms with E-state index in [1.165, 1.54) is 30.4 Å². The van der Waals surface area contributed by atoms with Gasteiger partial charge in [-0.3, -0.25) is 9.79 Å². The maximum atomic E-state index is 11.9. The number of benzene rings is 1. The van der Waals surface area contributed by atoms with Crippen molar-refractivity contribution in [3.8, 4) is 0 Å². The van der Waals surface area contributed by atoms with Gasteiger partial charge in [-0.25, -0.2) is 0 Å². The third-order valence-electron chi connectivity index (χ3n) is 5.15. The van der Waals surface area contributed by atoms with Crippen molar-refractivity contribution in [2.45, 2.75) is 38.2 Å². The number of aliphatic imine (C=N–C) groups is 1. The van der Waals surface area contributed by atoms with Crippen LogP contribution in [0.3, 0.4) is 0 Å². The molecule has 1 heterocycles. The molecule has 7 heteroatoms. The molecule has 1 amide bonds. The second-order valence-corrected chi connectivity index (χ2v) is 8.40. The number of nitrogens with one attached hydrogen (secondary N) is 3. The summed E-state index contributed by atoms with van der Waals surface area (Å²) in [5.74, 6) is 1.32. The lowest BCUT2D eigenvalue weighted by Gasteiger charge is -2.15. The summed E-state index contributed by atoms with van der Waals surface area (Å²) in [5.41, 5.74) is 0. The first kappa shape index (κ1) is 20.6. The summed E-state index contributed by atoms with van der Waals surface area (Å²) in [6.45, 7) is 1.53. The molecule has 0 aliphatic heterocycles. The van der Waals surface area contributed by atoms with E-state index < -0.39 is 6.10 Å². The Morgan fingerprint density at radius 3 is 2.71 bits per heavy atom. The average molecular weight is 403 g/mol. The van der Waals surface area contributed by atoms with Crippen molar-refractivity contribution in [3.63, 3.8) is 0 Å². The normalized spacial score (nSPS) is 16.3. The number of hydrogen-bond acceptors (Lipinski definition) is 4. The Bertz CT molecular complexity index is 766. The van der Waals surface area contributed by atoms with E-state index in [-0.39, 0.29) is 5.91 Å². The van der Waals surface area contributed by atoms with Crippen LogP contribution in [0.25, 0.3) is 10.1 Å². The predicted molar refractivity (Wildman–Crippen MR) is 116 cm³/mol. The monoisotopic (exact) mass is 402 g/mol. The number of carbonyl (C=O) groups is 1. The number of thiophene rings is 1. The molecular formula is C21H30N4O2S. The van der Waals surface area contributed by atoms with Crippen LogP contribution in [-0.2, 0) is 4.79 Å². The number of aliphatic hydroxyl groups excluding tert-OH is 1. The first-order valence-electron chi connectivity index (χ1n) is 10.0. The number of fused-ring (bicyclic) bond motifs is 1. The number of amides is 1. The Kier molecular flexibility index (Phi) is 7.68. The number of guanidine groups is 1. The zero-order chi connectivity index (χ0) is 19.8. The highest BCUT2D eigenvalue weighted by molar-refractivity contribution is 7.19. The number of nitrogens with zero attached hydrogens (tertiary/aromatic N) is 1. The summed E-state index contributed by atoms with van der Waals surface area (Å²) < 4.78 is 1.17. The van der Waals surface area contributed by atoms with E-state index in [0.717, 1.165) is 10.3 Å². The molecule has 0 radical (unpaired) electrons. The van der Waals surface area contributed by atoms with Crippen molar-refractivity contribution in [2.24, 2.45) is 10.9 Å². The van der Waals surface area contributed by atoms with E-state index in [2.05, 4.69) is 33.1 Å². The molecule has 0 bridgehead atoms. The van der Waals surface area contributed by atoms with E-state index in [0.29, 0.717) is 37.9 Å². The van der Waals surface area contributed by atoms with E-state index in [4.69, 9.17) is 0 Å². The van der Waals surface area contributed by atoms with Crippen LogP contribution in [0.1, 0.15) is 43.1 Å². The molecule has 2 aromatic rings. The molecule has 6 nitrogen and oxygen atoms in total. The molecule has 1 aromatic heterocycles. The maximum absolute atomic E-state index is 11.9. The SMILES string of the molecule is CN=C(NCCNC(=O)CC1CCCC1)NCC(O)c1cc2ccccc2s1. The van der Waals surface area contributed by atoms with Gasteiger partial charge in [0.1, 0.15) is 6.10 Å². The Balaban J connectivity index is 1.35. The Hall–Kier alpha value is -2.12. The Morgan fingerprint density at radius 1 is 1.21 bits per heavy atom. The molecule has 152 valence electrons. The van der Waals surface area contributed by atoms with Crippen LogP contribution in [0.15, 0.2) is 35.3 Å². The van der Waals surface area contributed by atoms with Gasteiger partial charge in [-0.15, -0.1) is 11.3 Å². The van der Waals surface area contributed by atoms with Crippen molar-refractivity contribution >= 4 is 33.3 Å². The summed E-state index contributed by atoms with van der Waals surface area (Å²) in [7, 11) is 1.69. The van der Waals surface area contributed by atoms with Crippen molar-refractivity contribution < 1.29 is 9.90 Å². The zero-order valence-electron chi connectivity index (χ0n) is 16.4. The van der Waals surface area contributed by atoms with Crippen LogP contribution < -0.4 is 16.0 Å². The maximum Gasteiger partial charge on any atom is 0.220 e. The molecule has 3 rings (SSSR count). The van der Waals surface area contributed by atoms with Gasteiger partial charge in [0.25, 0.3) is 0 Å². The molecule has 1 aromatic carbocycles. The third kappa shape index (κ3) is 5.94. The van der Waals surface area contributed by atoms with E-state index >= 15 is 0 Å². The lowest BCUT2D eigenvalue weighted by atomic mass is 10.0. The molecule has 0 spiro atoms. The summed E-state index contributed by atoms with van der Waals surface area (Å²) in [4.78, 5) is 17.0. The van der Waals surface area contributed by atoms with Crippen LogP contribution in [0.2, 0.25) is 0 Å². The minimum Gasteiger partial charge on any atom is -0.386 e. The first-order valence-corrected chi connectivity index (χ1v) is 10.8. The molecule has 1 saturated carbocycles. The summed E-state index contributed by atoms with van der Waals surface area (Å²) in [6.07, 6.45) is 4.94. The topological polar surface area (TPSA) is 85.8 Å². The van der Waals surface area contributed by atoms with Gasteiger partial charge in [0.05, 0.1) is 0 Å². The second-order valence-electron chi connectivity index (χ2n) is 7.29. The lowest BCUT2D eigenvalue weighted by molar-refractivity contribution is -0.121. The van der Waals surface area contributed by atoms with Gasteiger partial charge < -0.3 is 21.1 Å². The summed E-state index contributed by atoms with van der Waals surface area (Å²) in [5, 5.41) is 20.9. The van der Waals surface area contributed by atoms with E-state index in [1.54, 1.807) is 18.4 Å². The number of rotatable bonds is 8. The van der Waals surface area contributed by atoms with Crippen molar-refractivity contribution in [2.75, 3.05) is 26.7 Å². The largest absolute Gasteiger partial charge is 0.386 e. The first-order chi connectivity index (χ1) is 13.7. The summed E-state index contributed by atoms with van der Waals surface area (Å²) >= 11 is 1.60. The van der Waals surface area contributed by atoms with Crippen LogP contribution in [0.5, 0.6) is 0 Å². The van der Waals surface area contributed by atoms with E-state index in [9.17, 15) is 9.90 Å². The number of hydrogen-bond donors (Lipinski definition) is 4. The minimum atomic E-state index is -0.595. The fourth-order valence-electron chi connectivity index (χ4n) is 3.61. The standard InChI is InChI=1S/C21H30N4O2S/c1-22-21(24-11-10-23-20(27)12-15-6-2-3-7-15)25-14-17(26)19-13-16-8-4-5-9-18(16)28-19/h4-5,8-9,13,15,17,26H,2-3,6-7,10-12,14H2,1H3,(H,23,27)(H2,22,24,25). The Labute approximate surface area is 170 Å². The molecular weight excluding hydrogens is 372 g/mol. The lowest BCUT2D eigenvalue weighted by Crippen LogP contribution is -2.42. The molecule has 28 heavy (non-hydrogen) atoms. The molecule has 1 atom stereocenters. The Morgan fingerprint density at radius 2 is 1.96 bits per heavy atom. The number of aliphatic hydroxyl groups is 1. The van der Waals surface area contributed by atoms with Crippen LogP contribution >= 0.6 is 11.3 Å². The second kappa shape index (κ2) is 10.4. The van der Waals surface area contributed by atoms with Crippen LogP contribution in [-0.4, -0.2) is 43.7 Å². The quantitative estimate of drug-likeness (QED) is 0.311. The number of carbonyl (C=O) groups excluding carboxylic acids is 1. The highest BCUT2D eigenvalue weighted by atomic mass is 32.1. The van der Waals surface area contributed by atoms with Gasteiger partial charge in [0.2, 0.25) is 5.91 Å². The fourth-order valence-corrected chi connectivity index (χ4v) is 4.66. The summed E-state index contributed by atoms with van der Waals surface area (Å²) in [6, 6.07) is 10.2. The van der Waals surface area contributed by atoms with Gasteiger partial charge in [-0.1, -0.05) is 31.0 Å². The van der Waals surface area contributed by atoms with Crippen molar-refractivity contribution in [1.82, 2.24) is 16.0 Å². The van der Waals surface area contributed by atoms with Crippen molar-refractivity contribution in [1.29, 1.82) is 0 Å². The van der Waals surface area contributed by atoms with Gasteiger partial charge >= 0.3 is 0 Å². The fraction of sp³-hybridized carbons (Fsp3) is 0.524. The molecule has 1 unspecified atom stereocenters. The van der Waals surface area contributed by atoms with Gasteiger partial charge in [-0.05, 0) is 36.3 Å². The predicted octanol–water partition coefficient (Wildman–Crippen LogP) is 2.80. The highest BCUT2D eigenvalue weighted by Gasteiger charge is 2.18. The van der Waals surface area contributed by atoms with Crippen LogP contribution in [0, 0.1) is 5.92 Å². The molecule has 0 saturated heterocycles. The van der Waals surface area contributed by atoms with Gasteiger partial charge in [-0.2, -0.15) is 0 Å². The zero-order valence-corrected chi connectivity index (χ0v) is 17.2. The van der Waals surface area contributed by atoms with E-state index in [1.807, 2.05) is 18.2 Å². The molecule has 1 aliphatic carbocycles. The average Bonchev–Trinajstić information content (AvgIpc) is 3.36. The minimum absolute atomic E-state index is 0.136. The van der Waals surface area contributed by atoms with Crippen molar-refractivity contribution in [3.05, 3.63) is 35.2 Å². The smallest absolute Gasteiger partial charge is 0.220 e. The molecule has 1 aliphatic rings.